The molecule has 4 rings (SSSR count). The highest BCUT2D eigenvalue weighted by atomic mass is 19.2. The first-order valence-corrected chi connectivity index (χ1v) is 9.90. The summed E-state index contributed by atoms with van der Waals surface area (Å²) < 4.78 is 28.8. The van der Waals surface area contributed by atoms with Crippen molar-refractivity contribution in [2.45, 2.75) is 44.6 Å². The number of hydroxylamine groups is 2. The van der Waals surface area contributed by atoms with Crippen molar-refractivity contribution in [3.8, 4) is 0 Å². The predicted octanol–water partition coefficient (Wildman–Crippen LogP) is 3.95. The first-order chi connectivity index (χ1) is 13.5. The fourth-order valence-corrected chi connectivity index (χ4v) is 4.40. The van der Waals surface area contributed by atoms with Gasteiger partial charge in [-0.3, -0.25) is 14.3 Å². The average molecular weight is 389 g/mol. The van der Waals surface area contributed by atoms with E-state index in [1.165, 1.54) is 22.9 Å². The van der Waals surface area contributed by atoms with Crippen molar-refractivity contribution in [3.05, 3.63) is 53.4 Å². The molecule has 0 N–H and O–H groups in total. The second-order valence-corrected chi connectivity index (χ2v) is 7.84. The van der Waals surface area contributed by atoms with Gasteiger partial charge in [-0.1, -0.05) is 6.07 Å². The van der Waals surface area contributed by atoms with Crippen LogP contribution in [0.5, 0.6) is 0 Å². The van der Waals surface area contributed by atoms with Crippen molar-refractivity contribution in [2.75, 3.05) is 6.61 Å². The van der Waals surface area contributed by atoms with Gasteiger partial charge in [0.15, 0.2) is 11.6 Å². The van der Waals surface area contributed by atoms with Gasteiger partial charge in [0.2, 0.25) is 5.91 Å². The molecule has 0 unspecified atom stereocenters. The standard InChI is InChI=1S/C21H25F2N3O2/c1-25-17(8-10-24-25)12-14-2-4-15(5-3-14)21(27)26-20(9-11-28-26)16-6-7-18(22)19(23)13-16/h6-8,10,13-15,20H,2-5,9,11-12H2,1H3/t14-,15-,20-/m0/s1. The lowest BCUT2D eigenvalue weighted by molar-refractivity contribution is -0.183. The number of hydrogen-bond donors (Lipinski definition) is 0. The number of carbonyl (C=O) groups is 1. The average Bonchev–Trinajstić information content (AvgIpc) is 3.34. The molecule has 1 aromatic carbocycles. The van der Waals surface area contributed by atoms with Crippen LogP contribution < -0.4 is 0 Å². The Morgan fingerprint density at radius 1 is 1.14 bits per heavy atom. The topological polar surface area (TPSA) is 47.4 Å². The maximum atomic E-state index is 13.6. The fraction of sp³-hybridized carbons (Fsp3) is 0.524. The van der Waals surface area contributed by atoms with E-state index in [1.54, 1.807) is 0 Å². The van der Waals surface area contributed by atoms with E-state index in [1.807, 2.05) is 24.0 Å². The molecule has 7 heteroatoms. The van der Waals surface area contributed by atoms with Crippen LogP contribution in [-0.4, -0.2) is 27.4 Å². The van der Waals surface area contributed by atoms with E-state index in [9.17, 15) is 13.6 Å². The number of aromatic nitrogens is 2. The summed E-state index contributed by atoms with van der Waals surface area (Å²) in [5.41, 5.74) is 1.80. The molecule has 0 spiro atoms. The van der Waals surface area contributed by atoms with Crippen LogP contribution in [0.15, 0.2) is 30.5 Å². The van der Waals surface area contributed by atoms with E-state index >= 15 is 0 Å². The summed E-state index contributed by atoms with van der Waals surface area (Å²) in [4.78, 5) is 18.6. The van der Waals surface area contributed by atoms with Crippen LogP contribution in [0, 0.1) is 23.5 Å². The summed E-state index contributed by atoms with van der Waals surface area (Å²) in [6.07, 6.45) is 7.02. The first-order valence-electron chi connectivity index (χ1n) is 9.90. The smallest absolute Gasteiger partial charge is 0.249 e. The maximum Gasteiger partial charge on any atom is 0.249 e. The number of benzene rings is 1. The van der Waals surface area contributed by atoms with Crippen LogP contribution >= 0.6 is 0 Å². The lowest BCUT2D eigenvalue weighted by Gasteiger charge is -2.32. The summed E-state index contributed by atoms with van der Waals surface area (Å²) in [6, 6.07) is 5.49. The summed E-state index contributed by atoms with van der Waals surface area (Å²) in [5.74, 6) is -1.33. The van der Waals surface area contributed by atoms with Gasteiger partial charge in [-0.25, -0.2) is 13.8 Å². The Morgan fingerprint density at radius 2 is 1.93 bits per heavy atom. The zero-order valence-electron chi connectivity index (χ0n) is 16.0. The van der Waals surface area contributed by atoms with E-state index in [2.05, 4.69) is 5.10 Å². The molecular weight excluding hydrogens is 364 g/mol. The first kappa shape index (κ1) is 19.1. The van der Waals surface area contributed by atoms with E-state index in [0.717, 1.165) is 38.2 Å². The molecule has 2 aliphatic rings. The molecule has 28 heavy (non-hydrogen) atoms. The Morgan fingerprint density at radius 3 is 2.61 bits per heavy atom. The number of hydrogen-bond acceptors (Lipinski definition) is 3. The van der Waals surface area contributed by atoms with Crippen LogP contribution in [0.4, 0.5) is 8.78 Å². The normalized spacial score (nSPS) is 25.2. The van der Waals surface area contributed by atoms with Crippen LogP contribution in [-0.2, 0) is 23.1 Å². The predicted molar refractivity (Wildman–Crippen MR) is 98.9 cm³/mol. The fourth-order valence-electron chi connectivity index (χ4n) is 4.40. The number of halogens is 2. The SMILES string of the molecule is Cn1nccc1C[C@H]1CC[C@H](C(=O)N2OCC[C@H]2c2ccc(F)c(F)c2)CC1. The lowest BCUT2D eigenvalue weighted by atomic mass is 9.79. The Balaban J connectivity index is 1.37. The maximum absolute atomic E-state index is 13.6. The van der Waals surface area contributed by atoms with E-state index in [4.69, 9.17) is 4.84 Å². The van der Waals surface area contributed by atoms with Gasteiger partial charge in [-0.05, 0) is 61.8 Å². The van der Waals surface area contributed by atoms with Gasteiger partial charge in [-0.2, -0.15) is 5.10 Å². The second kappa shape index (κ2) is 7.99. The lowest BCUT2D eigenvalue weighted by Crippen LogP contribution is -2.36. The minimum absolute atomic E-state index is 0.0359. The van der Waals surface area contributed by atoms with Gasteiger partial charge >= 0.3 is 0 Å². The van der Waals surface area contributed by atoms with E-state index in [-0.39, 0.29) is 17.9 Å². The van der Waals surface area contributed by atoms with E-state index in [0.29, 0.717) is 24.5 Å². The Kier molecular flexibility index (Phi) is 5.44. The van der Waals surface area contributed by atoms with Crippen molar-refractivity contribution in [1.82, 2.24) is 14.8 Å². The third kappa shape index (κ3) is 3.81. The van der Waals surface area contributed by atoms with Gasteiger partial charge in [0.25, 0.3) is 0 Å². The third-order valence-corrected chi connectivity index (χ3v) is 6.07. The van der Waals surface area contributed by atoms with Gasteiger partial charge in [-0.15, -0.1) is 0 Å². The highest BCUT2D eigenvalue weighted by Gasteiger charge is 2.37. The molecule has 2 aromatic rings. The molecule has 1 amide bonds. The van der Waals surface area contributed by atoms with Crippen molar-refractivity contribution in [1.29, 1.82) is 0 Å². The van der Waals surface area contributed by atoms with Gasteiger partial charge in [0.1, 0.15) is 0 Å². The zero-order valence-corrected chi connectivity index (χ0v) is 16.0. The number of rotatable bonds is 4. The molecule has 2 heterocycles. The Hall–Kier alpha value is -2.28. The minimum atomic E-state index is -0.896. The minimum Gasteiger partial charge on any atom is -0.273 e. The van der Waals surface area contributed by atoms with Gasteiger partial charge in [0, 0.05) is 31.3 Å². The van der Waals surface area contributed by atoms with Crippen molar-refractivity contribution >= 4 is 5.91 Å². The Bertz CT molecular complexity index is 846. The number of aryl methyl sites for hydroxylation is 1. The molecule has 1 saturated heterocycles. The van der Waals surface area contributed by atoms with Gasteiger partial charge in [0.05, 0.1) is 12.6 Å². The molecule has 1 aromatic heterocycles. The number of carbonyl (C=O) groups excluding carboxylic acids is 1. The quantitative estimate of drug-likeness (QED) is 0.795. The molecule has 2 fully saturated rings. The molecule has 150 valence electrons. The largest absolute Gasteiger partial charge is 0.273 e. The van der Waals surface area contributed by atoms with Crippen LogP contribution in [0.3, 0.4) is 0 Å². The second-order valence-electron chi connectivity index (χ2n) is 7.84. The molecular formula is C21H25F2N3O2. The molecule has 1 aliphatic heterocycles. The summed E-state index contributed by atoms with van der Waals surface area (Å²) in [7, 11) is 1.95. The molecule has 0 radical (unpaired) electrons. The van der Waals surface area contributed by atoms with Crippen LogP contribution in [0.25, 0.3) is 0 Å². The van der Waals surface area contributed by atoms with Gasteiger partial charge < -0.3 is 0 Å². The molecule has 1 saturated carbocycles. The summed E-state index contributed by atoms with van der Waals surface area (Å²) in [5, 5.41) is 5.62. The highest BCUT2D eigenvalue weighted by Crippen LogP contribution is 2.37. The summed E-state index contributed by atoms with van der Waals surface area (Å²) >= 11 is 0. The van der Waals surface area contributed by atoms with Crippen LogP contribution in [0.2, 0.25) is 0 Å². The number of nitrogens with zero attached hydrogens (tertiary/aromatic N) is 3. The third-order valence-electron chi connectivity index (χ3n) is 6.07. The van der Waals surface area contributed by atoms with Crippen molar-refractivity contribution < 1.29 is 18.4 Å². The molecule has 1 atom stereocenters. The molecule has 5 nitrogen and oxygen atoms in total. The Labute approximate surface area is 163 Å². The monoisotopic (exact) mass is 389 g/mol. The van der Waals surface area contributed by atoms with E-state index < -0.39 is 11.6 Å². The van der Waals surface area contributed by atoms with Crippen molar-refractivity contribution in [2.24, 2.45) is 18.9 Å². The highest BCUT2D eigenvalue weighted by molar-refractivity contribution is 5.78. The number of amides is 1. The molecule has 1 aliphatic carbocycles. The van der Waals surface area contributed by atoms with Crippen LogP contribution in [0.1, 0.15) is 49.4 Å². The summed E-state index contributed by atoms with van der Waals surface area (Å²) in [6.45, 7) is 0.408. The zero-order chi connectivity index (χ0) is 19.7. The van der Waals surface area contributed by atoms with Crippen molar-refractivity contribution in [3.63, 3.8) is 0 Å². The molecule has 0 bridgehead atoms.